The number of rotatable bonds is 0. The SMILES string of the molecule is O=C1C=CCCC(=O)C1. The van der Waals surface area contributed by atoms with Crippen LogP contribution in [0.5, 0.6) is 0 Å². The van der Waals surface area contributed by atoms with Crippen molar-refractivity contribution in [2.24, 2.45) is 0 Å². The second kappa shape index (κ2) is 2.58. The average molecular weight is 124 g/mol. The van der Waals surface area contributed by atoms with Crippen molar-refractivity contribution in [1.82, 2.24) is 0 Å². The normalized spacial score (nSPS) is 20.0. The molecule has 1 rings (SSSR count). The number of Topliss-reactive ketones (excluding diaryl/α,β-unsaturated/α-hetero) is 1. The van der Waals surface area contributed by atoms with E-state index < -0.39 is 0 Å². The Balaban J connectivity index is 2.61. The Kier molecular flexibility index (Phi) is 1.78. The first kappa shape index (κ1) is 6.20. The lowest BCUT2D eigenvalue weighted by Gasteiger charge is -1.87. The summed E-state index contributed by atoms with van der Waals surface area (Å²) in [6, 6.07) is 0. The van der Waals surface area contributed by atoms with Gasteiger partial charge in [0, 0.05) is 6.42 Å². The molecule has 0 spiro atoms. The molecule has 0 aromatic heterocycles. The van der Waals surface area contributed by atoms with Crippen LogP contribution in [0, 0.1) is 0 Å². The zero-order valence-corrected chi connectivity index (χ0v) is 5.09. The molecule has 0 radical (unpaired) electrons. The molecule has 0 N–H and O–H groups in total. The molecule has 0 saturated heterocycles. The van der Waals surface area contributed by atoms with E-state index >= 15 is 0 Å². The maximum absolute atomic E-state index is 10.6. The van der Waals surface area contributed by atoms with E-state index in [0.717, 1.165) is 6.42 Å². The summed E-state index contributed by atoms with van der Waals surface area (Å²) < 4.78 is 0. The highest BCUT2D eigenvalue weighted by Gasteiger charge is 2.08. The second-order valence-corrected chi connectivity index (χ2v) is 2.12. The molecule has 0 amide bonds. The molecule has 0 atom stereocenters. The number of carbonyl (C=O) groups excluding carboxylic acids is 2. The van der Waals surface area contributed by atoms with E-state index in [0.29, 0.717) is 6.42 Å². The summed E-state index contributed by atoms with van der Waals surface area (Å²) in [7, 11) is 0. The largest absolute Gasteiger partial charge is 0.299 e. The number of hydrogen-bond acceptors (Lipinski definition) is 2. The second-order valence-electron chi connectivity index (χ2n) is 2.12. The molecule has 2 heteroatoms. The van der Waals surface area contributed by atoms with Gasteiger partial charge in [-0.15, -0.1) is 0 Å². The lowest BCUT2D eigenvalue weighted by molar-refractivity contribution is -0.124. The fourth-order valence-corrected chi connectivity index (χ4v) is 0.801. The molecule has 0 heterocycles. The predicted molar refractivity (Wildman–Crippen MR) is 33.0 cm³/mol. The lowest BCUT2D eigenvalue weighted by atomic mass is 10.2. The summed E-state index contributed by atoms with van der Waals surface area (Å²) in [5.41, 5.74) is 0. The first-order chi connectivity index (χ1) is 4.29. The topological polar surface area (TPSA) is 34.1 Å². The van der Waals surface area contributed by atoms with Crippen LogP contribution in [0.3, 0.4) is 0 Å². The van der Waals surface area contributed by atoms with Gasteiger partial charge in [-0.25, -0.2) is 0 Å². The van der Waals surface area contributed by atoms with Crippen LogP contribution < -0.4 is 0 Å². The quantitative estimate of drug-likeness (QED) is 0.449. The van der Waals surface area contributed by atoms with Gasteiger partial charge in [0.05, 0.1) is 6.42 Å². The molecule has 0 fully saturated rings. The Morgan fingerprint density at radius 2 is 2.11 bits per heavy atom. The summed E-state index contributed by atoms with van der Waals surface area (Å²) in [4.78, 5) is 21.2. The van der Waals surface area contributed by atoms with Crippen molar-refractivity contribution in [1.29, 1.82) is 0 Å². The Morgan fingerprint density at radius 1 is 1.33 bits per heavy atom. The first-order valence-corrected chi connectivity index (χ1v) is 3.00. The molecule has 48 valence electrons. The minimum Gasteiger partial charge on any atom is -0.299 e. The highest BCUT2D eigenvalue weighted by Crippen LogP contribution is 2.03. The Bertz CT molecular complexity index is 168. The van der Waals surface area contributed by atoms with E-state index in [1.54, 1.807) is 6.08 Å². The van der Waals surface area contributed by atoms with Crippen molar-refractivity contribution in [3.63, 3.8) is 0 Å². The zero-order chi connectivity index (χ0) is 6.69. The van der Waals surface area contributed by atoms with Crippen LogP contribution in [-0.2, 0) is 9.59 Å². The average Bonchev–Trinajstić information content (AvgIpc) is 1.93. The van der Waals surface area contributed by atoms with Crippen molar-refractivity contribution >= 4 is 11.6 Å². The van der Waals surface area contributed by atoms with E-state index in [4.69, 9.17) is 0 Å². The summed E-state index contributed by atoms with van der Waals surface area (Å²) in [5, 5.41) is 0. The van der Waals surface area contributed by atoms with Crippen LogP contribution in [-0.4, -0.2) is 11.6 Å². The molecular formula is C7H8O2. The Morgan fingerprint density at radius 3 is 2.89 bits per heavy atom. The smallest absolute Gasteiger partial charge is 0.162 e. The molecule has 1 aliphatic carbocycles. The highest BCUT2D eigenvalue weighted by molar-refractivity contribution is 6.05. The van der Waals surface area contributed by atoms with Crippen LogP contribution in [0.2, 0.25) is 0 Å². The minimum atomic E-state index is -0.0579. The van der Waals surface area contributed by atoms with Gasteiger partial charge in [0.15, 0.2) is 5.78 Å². The molecule has 0 aliphatic heterocycles. The van der Waals surface area contributed by atoms with E-state index in [1.807, 2.05) is 0 Å². The van der Waals surface area contributed by atoms with Crippen molar-refractivity contribution in [2.75, 3.05) is 0 Å². The molecule has 0 bridgehead atoms. The highest BCUT2D eigenvalue weighted by atomic mass is 16.1. The maximum Gasteiger partial charge on any atom is 0.162 e. The van der Waals surface area contributed by atoms with Gasteiger partial charge in [-0.05, 0) is 12.5 Å². The van der Waals surface area contributed by atoms with Gasteiger partial charge in [-0.3, -0.25) is 9.59 Å². The van der Waals surface area contributed by atoms with E-state index in [9.17, 15) is 9.59 Å². The molecule has 0 saturated carbocycles. The molecule has 0 aromatic rings. The molecule has 0 aromatic carbocycles. The third kappa shape index (κ3) is 1.80. The molecule has 9 heavy (non-hydrogen) atoms. The Labute approximate surface area is 53.6 Å². The number of hydrogen-bond donors (Lipinski definition) is 0. The van der Waals surface area contributed by atoms with Crippen LogP contribution in [0.4, 0.5) is 0 Å². The van der Waals surface area contributed by atoms with Gasteiger partial charge in [0.2, 0.25) is 0 Å². The molecule has 0 unspecified atom stereocenters. The molecular weight excluding hydrogens is 116 g/mol. The van der Waals surface area contributed by atoms with Gasteiger partial charge >= 0.3 is 0 Å². The number of allylic oxidation sites excluding steroid dienone is 2. The fourth-order valence-electron chi connectivity index (χ4n) is 0.801. The van der Waals surface area contributed by atoms with Crippen molar-refractivity contribution in [2.45, 2.75) is 19.3 Å². The minimum absolute atomic E-state index is 0.0579. The van der Waals surface area contributed by atoms with Crippen molar-refractivity contribution in [3.05, 3.63) is 12.2 Å². The fraction of sp³-hybridized carbons (Fsp3) is 0.429. The number of carbonyl (C=O) groups is 2. The summed E-state index contributed by atoms with van der Waals surface area (Å²) >= 11 is 0. The summed E-state index contributed by atoms with van der Waals surface area (Å²) in [6.45, 7) is 0. The van der Waals surface area contributed by atoms with E-state index in [1.165, 1.54) is 6.08 Å². The molecule has 1 aliphatic rings. The standard InChI is InChI=1S/C7H8O2/c8-6-3-1-2-4-7(9)5-6/h1,3H,2,4-5H2. The van der Waals surface area contributed by atoms with Gasteiger partial charge in [-0.1, -0.05) is 6.08 Å². The van der Waals surface area contributed by atoms with Crippen molar-refractivity contribution < 1.29 is 9.59 Å². The predicted octanol–water partition coefficient (Wildman–Crippen LogP) is 0.865. The lowest BCUT2D eigenvalue weighted by Crippen LogP contribution is -2.01. The van der Waals surface area contributed by atoms with Crippen molar-refractivity contribution in [3.8, 4) is 0 Å². The van der Waals surface area contributed by atoms with Crippen LogP contribution >= 0.6 is 0 Å². The monoisotopic (exact) mass is 124 g/mol. The number of ketones is 2. The molecule has 2 nitrogen and oxygen atoms in total. The van der Waals surface area contributed by atoms with Crippen LogP contribution in [0.25, 0.3) is 0 Å². The van der Waals surface area contributed by atoms with Gasteiger partial charge in [0.1, 0.15) is 5.78 Å². The van der Waals surface area contributed by atoms with Crippen LogP contribution in [0.1, 0.15) is 19.3 Å². The van der Waals surface area contributed by atoms with Gasteiger partial charge in [0.25, 0.3) is 0 Å². The third-order valence-electron chi connectivity index (χ3n) is 1.26. The summed E-state index contributed by atoms with van der Waals surface area (Å²) in [5.74, 6) is 0.00231. The van der Waals surface area contributed by atoms with E-state index in [-0.39, 0.29) is 18.0 Å². The summed E-state index contributed by atoms with van der Waals surface area (Å²) in [6.07, 6.45) is 4.61. The maximum atomic E-state index is 10.6. The van der Waals surface area contributed by atoms with Crippen LogP contribution in [0.15, 0.2) is 12.2 Å². The van der Waals surface area contributed by atoms with Gasteiger partial charge < -0.3 is 0 Å². The third-order valence-corrected chi connectivity index (χ3v) is 1.26. The first-order valence-electron chi connectivity index (χ1n) is 3.00. The Hall–Kier alpha value is -0.920. The van der Waals surface area contributed by atoms with Gasteiger partial charge in [-0.2, -0.15) is 0 Å². The zero-order valence-electron chi connectivity index (χ0n) is 5.09. The van der Waals surface area contributed by atoms with E-state index in [2.05, 4.69) is 0 Å².